The first-order valence-electron chi connectivity index (χ1n) is 10.9. The quantitative estimate of drug-likeness (QED) is 0.489. The van der Waals surface area contributed by atoms with Gasteiger partial charge in [0.2, 0.25) is 5.76 Å². The van der Waals surface area contributed by atoms with Crippen molar-refractivity contribution in [2.45, 2.75) is 18.9 Å². The van der Waals surface area contributed by atoms with E-state index in [1.54, 1.807) is 6.07 Å². The zero-order chi connectivity index (χ0) is 21.9. The summed E-state index contributed by atoms with van der Waals surface area (Å²) in [5, 5.41) is 6.90. The Labute approximate surface area is 184 Å². The van der Waals surface area contributed by atoms with Gasteiger partial charge in [0, 0.05) is 43.9 Å². The number of rotatable bonds is 6. The molecular weight excluding hydrogens is 406 g/mol. The largest absolute Gasteiger partial charge is 0.350 e. The summed E-state index contributed by atoms with van der Waals surface area (Å²) in [5.74, 6) is -0.0545. The van der Waals surface area contributed by atoms with Gasteiger partial charge < -0.3 is 19.7 Å². The van der Waals surface area contributed by atoms with Crippen LogP contribution in [0.2, 0.25) is 0 Å². The van der Waals surface area contributed by atoms with Crippen LogP contribution in [-0.2, 0) is 0 Å². The van der Waals surface area contributed by atoms with Crippen molar-refractivity contribution in [1.82, 2.24) is 24.9 Å². The second-order valence-electron chi connectivity index (χ2n) is 8.09. The molecule has 164 valence electrons. The Bertz CT molecular complexity index is 1270. The minimum Gasteiger partial charge on any atom is -0.350 e. The normalized spacial score (nSPS) is 15.2. The number of para-hydroxylation sites is 2. The maximum atomic E-state index is 12.4. The van der Waals surface area contributed by atoms with E-state index in [9.17, 15) is 9.59 Å². The predicted molar refractivity (Wildman–Crippen MR) is 122 cm³/mol. The third-order valence-electron chi connectivity index (χ3n) is 6.06. The highest BCUT2D eigenvalue weighted by atomic mass is 16.5. The van der Waals surface area contributed by atoms with Gasteiger partial charge in [0.05, 0.1) is 11.0 Å². The van der Waals surface area contributed by atoms with E-state index in [1.165, 1.54) is 0 Å². The van der Waals surface area contributed by atoms with Crippen molar-refractivity contribution in [2.75, 3.05) is 26.2 Å². The fourth-order valence-corrected chi connectivity index (χ4v) is 4.38. The zero-order valence-corrected chi connectivity index (χ0v) is 17.7. The van der Waals surface area contributed by atoms with Crippen molar-refractivity contribution in [3.8, 4) is 11.3 Å². The van der Waals surface area contributed by atoms with Crippen LogP contribution in [0.25, 0.3) is 22.3 Å². The van der Waals surface area contributed by atoms with Crippen LogP contribution in [0.5, 0.6) is 0 Å². The van der Waals surface area contributed by atoms with Crippen LogP contribution in [-0.4, -0.2) is 51.7 Å². The minimum absolute atomic E-state index is 0.0427. The van der Waals surface area contributed by atoms with Gasteiger partial charge in [-0.25, -0.2) is 4.79 Å². The molecule has 32 heavy (non-hydrogen) atoms. The highest BCUT2D eigenvalue weighted by Crippen LogP contribution is 2.24. The Morgan fingerprint density at radius 1 is 1.09 bits per heavy atom. The molecule has 0 bridgehead atoms. The Hall–Kier alpha value is -3.65. The summed E-state index contributed by atoms with van der Waals surface area (Å²) in [6.45, 7) is 3.04. The molecule has 4 aromatic rings. The number of fused-ring (bicyclic) bond motifs is 1. The van der Waals surface area contributed by atoms with Gasteiger partial charge in [-0.2, -0.15) is 0 Å². The van der Waals surface area contributed by atoms with Gasteiger partial charge >= 0.3 is 5.69 Å². The lowest BCUT2D eigenvalue weighted by atomic mass is 10.0. The second-order valence-corrected chi connectivity index (χ2v) is 8.09. The molecular formula is C24H25N5O3. The number of aromatic nitrogens is 3. The molecule has 5 rings (SSSR count). The lowest BCUT2D eigenvalue weighted by molar-refractivity contribution is 0.0907. The van der Waals surface area contributed by atoms with Crippen LogP contribution in [0.3, 0.4) is 0 Å². The second kappa shape index (κ2) is 8.84. The summed E-state index contributed by atoms with van der Waals surface area (Å²) >= 11 is 0. The predicted octanol–water partition coefficient (Wildman–Crippen LogP) is 3.05. The molecule has 8 heteroatoms. The van der Waals surface area contributed by atoms with Gasteiger partial charge in [-0.15, -0.1) is 0 Å². The van der Waals surface area contributed by atoms with E-state index in [4.69, 9.17) is 4.52 Å². The molecule has 3 heterocycles. The topological polar surface area (TPSA) is 96.2 Å². The zero-order valence-electron chi connectivity index (χ0n) is 17.7. The molecule has 2 aromatic carbocycles. The molecule has 2 aromatic heterocycles. The van der Waals surface area contributed by atoms with Crippen LogP contribution in [0.15, 0.2) is 70.0 Å². The molecule has 0 saturated carbocycles. The van der Waals surface area contributed by atoms with Gasteiger partial charge in [0.1, 0.15) is 5.69 Å². The number of H-pyrrole nitrogens is 1. The van der Waals surface area contributed by atoms with Crippen LogP contribution < -0.4 is 11.0 Å². The van der Waals surface area contributed by atoms with Crippen molar-refractivity contribution in [1.29, 1.82) is 0 Å². The van der Waals surface area contributed by atoms with Crippen LogP contribution in [0, 0.1) is 0 Å². The van der Waals surface area contributed by atoms with E-state index in [0.717, 1.165) is 49.1 Å². The molecule has 1 fully saturated rings. The van der Waals surface area contributed by atoms with Crippen LogP contribution in [0.1, 0.15) is 29.4 Å². The summed E-state index contributed by atoms with van der Waals surface area (Å²) < 4.78 is 7.11. The summed E-state index contributed by atoms with van der Waals surface area (Å²) in [4.78, 5) is 30.1. The fourth-order valence-electron chi connectivity index (χ4n) is 4.38. The first kappa shape index (κ1) is 20.3. The number of hydrogen-bond acceptors (Lipinski definition) is 5. The summed E-state index contributed by atoms with van der Waals surface area (Å²) in [6, 6.07) is 19.3. The van der Waals surface area contributed by atoms with E-state index >= 15 is 0 Å². The minimum atomic E-state index is -0.264. The van der Waals surface area contributed by atoms with Crippen molar-refractivity contribution in [3.05, 3.63) is 76.9 Å². The van der Waals surface area contributed by atoms with Gasteiger partial charge in [-0.1, -0.05) is 47.6 Å². The summed E-state index contributed by atoms with van der Waals surface area (Å²) in [6.07, 6.45) is 1.80. The van der Waals surface area contributed by atoms with Gasteiger partial charge in [-0.3, -0.25) is 9.36 Å². The number of nitrogens with zero attached hydrogens (tertiary/aromatic N) is 3. The molecule has 1 aliphatic heterocycles. The average Bonchev–Trinajstić information content (AvgIpc) is 3.45. The number of carbonyl (C=O) groups is 1. The van der Waals surface area contributed by atoms with Gasteiger partial charge in [0.25, 0.3) is 5.91 Å². The standard InChI is InChI=1S/C24H25N5O3/c30-23(22-16-20(27-32-22)17-6-2-1-3-7-17)25-12-15-28-13-10-18(11-14-28)29-21-9-5-4-8-19(21)26-24(29)31/h1-9,16,18H,10-15H2,(H,25,30)(H,26,31). The number of nitrogens with one attached hydrogen (secondary N) is 2. The molecule has 0 radical (unpaired) electrons. The molecule has 1 aliphatic rings. The molecule has 2 N–H and O–H groups in total. The lowest BCUT2D eigenvalue weighted by Gasteiger charge is -2.32. The number of benzene rings is 2. The Balaban J connectivity index is 1.12. The van der Waals surface area contributed by atoms with Crippen molar-refractivity contribution >= 4 is 16.9 Å². The molecule has 0 aliphatic carbocycles. The van der Waals surface area contributed by atoms with Crippen molar-refractivity contribution in [2.24, 2.45) is 0 Å². The molecule has 0 unspecified atom stereocenters. The van der Waals surface area contributed by atoms with Crippen molar-refractivity contribution < 1.29 is 9.32 Å². The average molecular weight is 431 g/mol. The molecule has 8 nitrogen and oxygen atoms in total. The SMILES string of the molecule is O=C(NCCN1CCC(n2c(=O)[nH]c3ccccc32)CC1)c1cc(-c2ccccc2)no1. The maximum absolute atomic E-state index is 12.4. The Morgan fingerprint density at radius 2 is 1.84 bits per heavy atom. The number of carbonyl (C=O) groups excluding carboxylic acids is 1. The third-order valence-corrected chi connectivity index (χ3v) is 6.06. The van der Waals surface area contributed by atoms with Crippen LogP contribution in [0.4, 0.5) is 0 Å². The molecule has 1 saturated heterocycles. The Kier molecular flexibility index (Phi) is 5.60. The monoisotopic (exact) mass is 431 g/mol. The number of imidazole rings is 1. The smallest absolute Gasteiger partial charge is 0.326 e. The van der Waals surface area contributed by atoms with Gasteiger partial charge in [-0.05, 0) is 25.0 Å². The number of aromatic amines is 1. The maximum Gasteiger partial charge on any atom is 0.326 e. The third kappa shape index (κ3) is 4.09. The van der Waals surface area contributed by atoms with E-state index in [0.29, 0.717) is 12.2 Å². The van der Waals surface area contributed by atoms with Crippen molar-refractivity contribution in [3.63, 3.8) is 0 Å². The van der Waals surface area contributed by atoms with Crippen LogP contribution >= 0.6 is 0 Å². The number of likely N-dealkylation sites (tertiary alicyclic amines) is 1. The first-order valence-corrected chi connectivity index (χ1v) is 10.9. The highest BCUT2D eigenvalue weighted by Gasteiger charge is 2.23. The van der Waals surface area contributed by atoms with E-state index < -0.39 is 0 Å². The molecule has 0 atom stereocenters. The van der Waals surface area contributed by atoms with Gasteiger partial charge in [0.15, 0.2) is 0 Å². The van der Waals surface area contributed by atoms with E-state index in [2.05, 4.69) is 20.4 Å². The summed E-state index contributed by atoms with van der Waals surface area (Å²) in [7, 11) is 0. The first-order chi connectivity index (χ1) is 15.7. The summed E-state index contributed by atoms with van der Waals surface area (Å²) in [5.41, 5.74) is 3.35. The molecule has 0 spiro atoms. The van der Waals surface area contributed by atoms with E-state index in [-0.39, 0.29) is 23.4 Å². The number of amides is 1. The number of piperidine rings is 1. The van der Waals surface area contributed by atoms with E-state index in [1.807, 2.05) is 59.2 Å². The fraction of sp³-hybridized carbons (Fsp3) is 0.292. The Morgan fingerprint density at radius 3 is 2.66 bits per heavy atom. The highest BCUT2D eigenvalue weighted by molar-refractivity contribution is 5.92. The lowest BCUT2D eigenvalue weighted by Crippen LogP contribution is -2.41. The number of hydrogen-bond donors (Lipinski definition) is 2. The molecule has 1 amide bonds.